The van der Waals surface area contributed by atoms with Crippen LogP contribution in [0, 0.1) is 6.92 Å². The first kappa shape index (κ1) is 11.3. The molecule has 0 aliphatic heterocycles. The number of hydrogen-bond donors (Lipinski definition) is 2. The monoisotopic (exact) mass is 219 g/mol. The predicted molar refractivity (Wildman–Crippen MR) is 69.7 cm³/mol. The van der Waals surface area contributed by atoms with Gasteiger partial charge in [-0.3, -0.25) is 0 Å². The van der Waals surface area contributed by atoms with Crippen molar-refractivity contribution in [3.63, 3.8) is 0 Å². The van der Waals surface area contributed by atoms with Crippen molar-refractivity contribution in [3.8, 4) is 0 Å². The molecular formula is C13H21N3. The zero-order valence-electron chi connectivity index (χ0n) is 10.2. The van der Waals surface area contributed by atoms with Crippen LogP contribution >= 0.6 is 0 Å². The third-order valence-corrected chi connectivity index (χ3v) is 3.16. The molecule has 3 N–H and O–H groups in total. The van der Waals surface area contributed by atoms with Crippen LogP contribution in [0.1, 0.15) is 18.4 Å². The van der Waals surface area contributed by atoms with E-state index in [0.29, 0.717) is 0 Å². The number of hydrogen-bond acceptors (Lipinski definition) is 3. The first-order chi connectivity index (χ1) is 7.66. The fourth-order valence-corrected chi connectivity index (χ4v) is 1.89. The zero-order chi connectivity index (χ0) is 11.5. The Labute approximate surface area is 97.6 Å². The summed E-state index contributed by atoms with van der Waals surface area (Å²) >= 11 is 0. The number of nitrogens with two attached hydrogens (primary N) is 1. The number of rotatable bonds is 5. The molecule has 0 unspecified atom stereocenters. The summed E-state index contributed by atoms with van der Waals surface area (Å²) in [6.07, 6.45) is 2.73. The average molecular weight is 219 g/mol. The summed E-state index contributed by atoms with van der Waals surface area (Å²) in [5.74, 6) is 0. The maximum Gasteiger partial charge on any atom is 0.0577 e. The summed E-state index contributed by atoms with van der Waals surface area (Å²) in [6, 6.07) is 6.93. The average Bonchev–Trinajstić information content (AvgIpc) is 3.06. The molecule has 0 spiro atoms. The van der Waals surface area contributed by atoms with Gasteiger partial charge in [0.25, 0.3) is 0 Å². The Balaban J connectivity index is 1.81. The molecule has 0 aromatic heterocycles. The Kier molecular flexibility index (Phi) is 3.34. The van der Waals surface area contributed by atoms with E-state index in [9.17, 15) is 0 Å². The van der Waals surface area contributed by atoms with Gasteiger partial charge in [-0.1, -0.05) is 6.07 Å². The number of nitrogens with zero attached hydrogens (tertiary/aromatic N) is 1. The molecule has 1 aliphatic carbocycles. The highest BCUT2D eigenvalue weighted by molar-refractivity contribution is 5.66. The molecule has 0 heterocycles. The largest absolute Gasteiger partial charge is 0.397 e. The minimum absolute atomic E-state index is 0.830. The van der Waals surface area contributed by atoms with E-state index in [0.717, 1.165) is 30.5 Å². The quantitative estimate of drug-likeness (QED) is 0.745. The Hall–Kier alpha value is -1.22. The molecule has 3 nitrogen and oxygen atoms in total. The summed E-state index contributed by atoms with van der Waals surface area (Å²) in [4.78, 5) is 2.42. The number of likely N-dealkylation sites (N-methyl/N-ethyl adjacent to an activating group) is 1. The SMILES string of the molecule is Cc1ccc(N)c(NCCN(C)C2CC2)c1. The van der Waals surface area contributed by atoms with Crippen LogP contribution in [0.4, 0.5) is 11.4 Å². The van der Waals surface area contributed by atoms with Crippen LogP contribution in [0.25, 0.3) is 0 Å². The van der Waals surface area contributed by atoms with Crippen LogP contribution in [-0.4, -0.2) is 31.1 Å². The Morgan fingerprint density at radius 3 is 2.88 bits per heavy atom. The highest BCUT2D eigenvalue weighted by Gasteiger charge is 2.25. The van der Waals surface area contributed by atoms with Crippen LogP contribution in [0.15, 0.2) is 18.2 Å². The fourth-order valence-electron chi connectivity index (χ4n) is 1.89. The van der Waals surface area contributed by atoms with Gasteiger partial charge in [0.15, 0.2) is 0 Å². The van der Waals surface area contributed by atoms with Crippen LogP contribution in [0.2, 0.25) is 0 Å². The van der Waals surface area contributed by atoms with E-state index in [1.165, 1.54) is 18.4 Å². The Morgan fingerprint density at radius 2 is 2.19 bits per heavy atom. The number of nitrogen functional groups attached to an aromatic ring is 1. The second-order valence-electron chi connectivity index (χ2n) is 4.73. The highest BCUT2D eigenvalue weighted by atomic mass is 15.2. The topological polar surface area (TPSA) is 41.3 Å². The van der Waals surface area contributed by atoms with Gasteiger partial charge in [0.2, 0.25) is 0 Å². The molecular weight excluding hydrogens is 198 g/mol. The zero-order valence-corrected chi connectivity index (χ0v) is 10.2. The molecule has 1 aliphatic rings. The normalized spacial score (nSPS) is 15.4. The molecule has 3 heteroatoms. The van der Waals surface area contributed by atoms with E-state index >= 15 is 0 Å². The van der Waals surface area contributed by atoms with Crippen LogP contribution in [0.5, 0.6) is 0 Å². The van der Waals surface area contributed by atoms with Gasteiger partial charge >= 0.3 is 0 Å². The molecule has 88 valence electrons. The van der Waals surface area contributed by atoms with Gasteiger partial charge in [-0.2, -0.15) is 0 Å². The van der Waals surface area contributed by atoms with E-state index in [4.69, 9.17) is 5.73 Å². The van der Waals surface area contributed by atoms with Crippen molar-refractivity contribution in [1.29, 1.82) is 0 Å². The summed E-state index contributed by atoms with van der Waals surface area (Å²) in [5, 5.41) is 3.40. The third kappa shape index (κ3) is 2.89. The number of benzene rings is 1. The van der Waals surface area contributed by atoms with Gasteiger partial charge in [0, 0.05) is 19.1 Å². The molecule has 0 bridgehead atoms. The Bertz CT molecular complexity index is 358. The maximum absolute atomic E-state index is 5.90. The molecule has 1 aromatic carbocycles. The highest BCUT2D eigenvalue weighted by Crippen LogP contribution is 2.25. The van der Waals surface area contributed by atoms with Gasteiger partial charge in [-0.15, -0.1) is 0 Å². The van der Waals surface area contributed by atoms with Gasteiger partial charge < -0.3 is 16.0 Å². The van der Waals surface area contributed by atoms with Crippen molar-refractivity contribution < 1.29 is 0 Å². The van der Waals surface area contributed by atoms with Crippen molar-refractivity contribution in [3.05, 3.63) is 23.8 Å². The molecule has 0 radical (unpaired) electrons. The first-order valence-corrected chi connectivity index (χ1v) is 5.97. The molecule has 1 aromatic rings. The van der Waals surface area contributed by atoms with Crippen LogP contribution < -0.4 is 11.1 Å². The third-order valence-electron chi connectivity index (χ3n) is 3.16. The summed E-state index contributed by atoms with van der Waals surface area (Å²) in [7, 11) is 2.19. The van der Waals surface area contributed by atoms with Crippen molar-refractivity contribution in [1.82, 2.24) is 4.90 Å². The number of anilines is 2. The van der Waals surface area contributed by atoms with E-state index in [2.05, 4.69) is 30.3 Å². The van der Waals surface area contributed by atoms with Crippen molar-refractivity contribution in [2.24, 2.45) is 0 Å². The van der Waals surface area contributed by atoms with Crippen LogP contribution in [-0.2, 0) is 0 Å². The molecule has 1 fully saturated rings. The fraction of sp³-hybridized carbons (Fsp3) is 0.538. The van der Waals surface area contributed by atoms with Gasteiger partial charge in [-0.25, -0.2) is 0 Å². The molecule has 1 saturated carbocycles. The number of nitrogens with one attached hydrogen (secondary N) is 1. The molecule has 0 saturated heterocycles. The smallest absolute Gasteiger partial charge is 0.0577 e. The Morgan fingerprint density at radius 1 is 1.44 bits per heavy atom. The van der Waals surface area contributed by atoms with Gasteiger partial charge in [0.05, 0.1) is 11.4 Å². The standard InChI is InChI=1S/C13H21N3/c1-10-3-6-12(14)13(9-10)15-7-8-16(2)11-4-5-11/h3,6,9,11,15H,4-5,7-8,14H2,1-2H3. The van der Waals surface area contributed by atoms with E-state index in [1.54, 1.807) is 0 Å². The summed E-state index contributed by atoms with van der Waals surface area (Å²) in [5.41, 5.74) is 9.04. The minimum Gasteiger partial charge on any atom is -0.397 e. The van der Waals surface area contributed by atoms with E-state index < -0.39 is 0 Å². The predicted octanol–water partition coefficient (Wildman–Crippen LogP) is 2.08. The second kappa shape index (κ2) is 4.74. The number of aryl methyl sites for hydroxylation is 1. The first-order valence-electron chi connectivity index (χ1n) is 5.97. The lowest BCUT2D eigenvalue weighted by Gasteiger charge is -2.17. The summed E-state index contributed by atoms with van der Waals surface area (Å²) < 4.78 is 0. The van der Waals surface area contributed by atoms with E-state index in [-0.39, 0.29) is 0 Å². The summed E-state index contributed by atoms with van der Waals surface area (Å²) in [6.45, 7) is 4.12. The molecule has 16 heavy (non-hydrogen) atoms. The minimum atomic E-state index is 0.830. The van der Waals surface area contributed by atoms with Gasteiger partial charge in [-0.05, 0) is 44.5 Å². The van der Waals surface area contributed by atoms with Crippen molar-refractivity contribution in [2.75, 3.05) is 31.2 Å². The van der Waals surface area contributed by atoms with Crippen molar-refractivity contribution in [2.45, 2.75) is 25.8 Å². The molecule has 0 atom stereocenters. The second-order valence-corrected chi connectivity index (χ2v) is 4.73. The molecule has 0 amide bonds. The van der Waals surface area contributed by atoms with Gasteiger partial charge in [0.1, 0.15) is 0 Å². The maximum atomic E-state index is 5.90. The molecule has 2 rings (SSSR count). The lowest BCUT2D eigenvalue weighted by molar-refractivity contribution is 0.337. The van der Waals surface area contributed by atoms with Crippen LogP contribution in [0.3, 0.4) is 0 Å². The van der Waals surface area contributed by atoms with E-state index in [1.807, 2.05) is 12.1 Å². The lowest BCUT2D eigenvalue weighted by atomic mass is 10.2. The lowest BCUT2D eigenvalue weighted by Crippen LogP contribution is -2.27. The van der Waals surface area contributed by atoms with Crippen molar-refractivity contribution >= 4 is 11.4 Å².